The normalized spacial score (nSPS) is 13.6. The topological polar surface area (TPSA) is 104 Å². The number of fused-ring (bicyclic) bond motifs is 1. The van der Waals surface area contributed by atoms with Crippen LogP contribution in [0.4, 0.5) is 15.8 Å². The fraction of sp³-hybridized carbons (Fsp3) is 0.381. The molecule has 0 aliphatic heterocycles. The van der Waals surface area contributed by atoms with E-state index >= 15 is 4.39 Å². The number of Topliss-reactive ketones (excluding diaryl/α,β-unsaturated/α-hetero) is 1. The molecule has 3 aromatic rings. The van der Waals surface area contributed by atoms with E-state index in [1.54, 1.807) is 18.7 Å². The van der Waals surface area contributed by atoms with Crippen molar-refractivity contribution in [2.75, 3.05) is 24.7 Å². The number of nitrogens with zero attached hydrogens (tertiary/aromatic N) is 3. The van der Waals surface area contributed by atoms with Gasteiger partial charge in [0, 0.05) is 37.7 Å². The van der Waals surface area contributed by atoms with Crippen molar-refractivity contribution in [1.82, 2.24) is 14.1 Å². The number of carbonyl (C=O) groups is 1. The number of anilines is 2. The summed E-state index contributed by atoms with van der Waals surface area (Å²) in [6.07, 6.45) is 9.36. The predicted octanol–water partition coefficient (Wildman–Crippen LogP) is 2.97. The highest BCUT2D eigenvalue weighted by molar-refractivity contribution is 6.04. The number of aromatic nitrogens is 3. The Balaban J connectivity index is 1.80. The molecule has 0 saturated heterocycles. The highest BCUT2D eigenvalue weighted by Crippen LogP contribution is 2.44. The van der Waals surface area contributed by atoms with Gasteiger partial charge in [0.25, 0.3) is 0 Å². The molecule has 0 amide bonds. The quantitative estimate of drug-likeness (QED) is 0.334. The first-order valence-electron chi connectivity index (χ1n) is 9.88. The van der Waals surface area contributed by atoms with Crippen molar-refractivity contribution in [2.45, 2.75) is 38.8 Å². The number of nitrogen functional groups attached to an aromatic ring is 1. The lowest BCUT2D eigenvalue weighted by molar-refractivity contribution is 0.101. The van der Waals surface area contributed by atoms with E-state index in [2.05, 4.69) is 10.3 Å². The molecule has 0 bridgehead atoms. The average molecular weight is 413 g/mol. The summed E-state index contributed by atoms with van der Waals surface area (Å²) in [5.41, 5.74) is 5.78. The van der Waals surface area contributed by atoms with Gasteiger partial charge in [0.15, 0.2) is 17.3 Å². The van der Waals surface area contributed by atoms with Crippen molar-refractivity contribution >= 4 is 28.1 Å². The molecule has 3 N–H and O–H groups in total. The van der Waals surface area contributed by atoms with Gasteiger partial charge < -0.3 is 24.9 Å². The maximum absolute atomic E-state index is 15.2. The van der Waals surface area contributed by atoms with Gasteiger partial charge in [0.1, 0.15) is 5.69 Å². The number of nitrogens with one attached hydrogen (secondary N) is 1. The summed E-state index contributed by atoms with van der Waals surface area (Å²) in [7, 11) is 1.43. The van der Waals surface area contributed by atoms with Gasteiger partial charge >= 0.3 is 0 Å². The molecule has 2 aromatic heterocycles. The van der Waals surface area contributed by atoms with Crippen LogP contribution in [-0.2, 0) is 6.54 Å². The standard InChI is InChI=1S/C21H24FN5O3/c1-12(28)14-10-27(13-4-5-13)19-15(20(14)29)17(23)16(22)18(21(19)30-2)25-6-3-8-26-9-7-24-11-26/h7,9-11,13,25H,3-6,8,23H2,1-2H3. The van der Waals surface area contributed by atoms with Gasteiger partial charge in [-0.05, 0) is 26.2 Å². The van der Waals surface area contributed by atoms with Crippen LogP contribution in [0.5, 0.6) is 5.75 Å². The van der Waals surface area contributed by atoms with Gasteiger partial charge in [-0.15, -0.1) is 0 Å². The molecule has 1 aliphatic carbocycles. The van der Waals surface area contributed by atoms with Crippen LogP contribution in [-0.4, -0.2) is 33.6 Å². The molecule has 0 spiro atoms. The Labute approximate surface area is 172 Å². The zero-order chi connectivity index (χ0) is 21.4. The number of halogens is 1. The maximum Gasteiger partial charge on any atom is 0.202 e. The van der Waals surface area contributed by atoms with Crippen LogP contribution in [0.25, 0.3) is 10.9 Å². The van der Waals surface area contributed by atoms with Crippen LogP contribution in [0.3, 0.4) is 0 Å². The zero-order valence-electron chi connectivity index (χ0n) is 16.9. The third kappa shape index (κ3) is 3.40. The summed E-state index contributed by atoms with van der Waals surface area (Å²) in [5.74, 6) is -0.905. The molecule has 30 heavy (non-hydrogen) atoms. The average Bonchev–Trinajstić information content (AvgIpc) is 3.43. The number of methoxy groups -OCH3 is 1. The molecule has 1 fully saturated rings. The molecule has 4 rings (SSSR count). The second-order valence-electron chi connectivity index (χ2n) is 7.51. The molecular weight excluding hydrogens is 389 g/mol. The van der Waals surface area contributed by atoms with E-state index in [1.165, 1.54) is 14.0 Å². The fourth-order valence-electron chi connectivity index (χ4n) is 3.72. The monoisotopic (exact) mass is 413 g/mol. The molecule has 2 heterocycles. The lowest BCUT2D eigenvalue weighted by Crippen LogP contribution is -2.21. The van der Waals surface area contributed by atoms with Gasteiger partial charge in [-0.2, -0.15) is 0 Å². The van der Waals surface area contributed by atoms with Crippen LogP contribution < -0.4 is 21.2 Å². The number of hydrogen-bond donors (Lipinski definition) is 2. The first kappa shape index (κ1) is 19.9. The summed E-state index contributed by atoms with van der Waals surface area (Å²) in [4.78, 5) is 28.9. The van der Waals surface area contributed by atoms with Gasteiger partial charge in [0.2, 0.25) is 5.43 Å². The Bertz CT molecular complexity index is 1170. The summed E-state index contributed by atoms with van der Waals surface area (Å²) >= 11 is 0. The van der Waals surface area contributed by atoms with Crippen LogP contribution in [0.1, 0.15) is 42.6 Å². The first-order chi connectivity index (χ1) is 14.4. The summed E-state index contributed by atoms with van der Waals surface area (Å²) < 4.78 is 24.5. The molecule has 1 saturated carbocycles. The van der Waals surface area contributed by atoms with Crippen LogP contribution in [0, 0.1) is 5.82 Å². The predicted molar refractivity (Wildman–Crippen MR) is 113 cm³/mol. The summed E-state index contributed by atoms with van der Waals surface area (Å²) in [6, 6.07) is 0.124. The molecule has 1 aliphatic rings. The van der Waals surface area contributed by atoms with Crippen molar-refractivity contribution in [3.63, 3.8) is 0 Å². The summed E-state index contributed by atoms with van der Waals surface area (Å²) in [5, 5.41) is 3.07. The number of benzene rings is 1. The van der Waals surface area contributed by atoms with E-state index in [9.17, 15) is 9.59 Å². The summed E-state index contributed by atoms with van der Waals surface area (Å²) in [6.45, 7) is 2.50. The van der Waals surface area contributed by atoms with E-state index in [-0.39, 0.29) is 39.9 Å². The lowest BCUT2D eigenvalue weighted by atomic mass is 10.0. The van der Waals surface area contributed by atoms with Gasteiger partial charge in [0.05, 0.1) is 35.6 Å². The number of carbonyl (C=O) groups excluding carboxylic acids is 1. The third-order valence-corrected chi connectivity index (χ3v) is 5.38. The SMILES string of the molecule is COc1c(NCCCn2ccnc2)c(F)c(N)c2c(=O)c(C(C)=O)cn(C3CC3)c12. The van der Waals surface area contributed by atoms with Crippen LogP contribution in [0.15, 0.2) is 29.7 Å². The highest BCUT2D eigenvalue weighted by Gasteiger charge is 2.31. The van der Waals surface area contributed by atoms with Gasteiger partial charge in [-0.25, -0.2) is 9.37 Å². The molecular formula is C21H24FN5O3. The number of rotatable bonds is 8. The molecule has 9 heteroatoms. The van der Waals surface area contributed by atoms with E-state index in [0.717, 1.165) is 25.8 Å². The van der Waals surface area contributed by atoms with Gasteiger partial charge in [-0.3, -0.25) is 9.59 Å². The minimum Gasteiger partial charge on any atom is -0.492 e. The molecule has 158 valence electrons. The number of aryl methyl sites for hydroxylation is 1. The number of hydrogen-bond acceptors (Lipinski definition) is 6. The fourth-order valence-corrected chi connectivity index (χ4v) is 3.72. The molecule has 0 atom stereocenters. The van der Waals surface area contributed by atoms with Gasteiger partial charge in [-0.1, -0.05) is 0 Å². The number of pyridine rings is 1. The Kier molecular flexibility index (Phi) is 5.19. The van der Waals surface area contributed by atoms with Crippen LogP contribution in [0.2, 0.25) is 0 Å². The van der Waals surface area contributed by atoms with Crippen LogP contribution >= 0.6 is 0 Å². The second kappa shape index (κ2) is 7.81. The Morgan fingerprint density at radius 3 is 2.80 bits per heavy atom. The van der Waals surface area contributed by atoms with Crippen molar-refractivity contribution < 1.29 is 13.9 Å². The number of ether oxygens (including phenoxy) is 1. The molecule has 0 radical (unpaired) electrons. The first-order valence-corrected chi connectivity index (χ1v) is 9.88. The smallest absolute Gasteiger partial charge is 0.202 e. The van der Waals surface area contributed by atoms with Crippen molar-refractivity contribution in [3.8, 4) is 5.75 Å². The van der Waals surface area contributed by atoms with Crippen molar-refractivity contribution in [1.29, 1.82) is 0 Å². The Hall–Kier alpha value is -3.36. The minimum atomic E-state index is -0.748. The largest absolute Gasteiger partial charge is 0.492 e. The van der Waals surface area contributed by atoms with Crippen molar-refractivity contribution in [2.24, 2.45) is 0 Å². The van der Waals surface area contributed by atoms with E-state index in [0.29, 0.717) is 12.1 Å². The van der Waals surface area contributed by atoms with E-state index in [1.807, 2.05) is 15.3 Å². The number of ketones is 1. The molecule has 0 unspecified atom stereocenters. The molecule has 8 nitrogen and oxygen atoms in total. The Morgan fingerprint density at radius 1 is 1.43 bits per heavy atom. The second-order valence-corrected chi connectivity index (χ2v) is 7.51. The maximum atomic E-state index is 15.2. The minimum absolute atomic E-state index is 0.00333. The number of nitrogens with two attached hydrogens (primary N) is 1. The zero-order valence-corrected chi connectivity index (χ0v) is 16.9. The van der Waals surface area contributed by atoms with E-state index < -0.39 is 11.2 Å². The van der Waals surface area contributed by atoms with E-state index in [4.69, 9.17) is 10.5 Å². The lowest BCUT2D eigenvalue weighted by Gasteiger charge is -2.20. The highest BCUT2D eigenvalue weighted by atomic mass is 19.1. The van der Waals surface area contributed by atoms with Crippen molar-refractivity contribution in [3.05, 3.63) is 46.5 Å². The molecule has 1 aromatic carbocycles. The number of imidazole rings is 1. The third-order valence-electron chi connectivity index (χ3n) is 5.38. The Morgan fingerprint density at radius 2 is 2.20 bits per heavy atom.